The number of halogens is 1. The number of nitrogens with zero attached hydrogens (tertiary/aromatic N) is 2. The highest BCUT2D eigenvalue weighted by atomic mass is 32.2. The second kappa shape index (κ2) is 7.10. The van der Waals surface area contributed by atoms with Gasteiger partial charge in [-0.3, -0.25) is 0 Å². The van der Waals surface area contributed by atoms with Crippen LogP contribution < -0.4 is 15.0 Å². The third kappa shape index (κ3) is 3.28. The summed E-state index contributed by atoms with van der Waals surface area (Å²) in [5.74, 6) is -0.656. The molecule has 6 nitrogen and oxygen atoms in total. The third-order valence-corrected chi connectivity index (χ3v) is 6.94. The summed E-state index contributed by atoms with van der Waals surface area (Å²) < 4.78 is 46.2. The number of methoxy groups -OCH3 is 1. The van der Waals surface area contributed by atoms with Crippen LogP contribution in [0, 0.1) is 5.82 Å². The van der Waals surface area contributed by atoms with Gasteiger partial charge < -0.3 is 15.0 Å². The maximum Gasteiger partial charge on any atom is 0.243 e. The summed E-state index contributed by atoms with van der Waals surface area (Å²) in [6, 6.07) is 9.66. The Bertz CT molecular complexity index is 959. The molecule has 2 aromatic carbocycles. The lowest BCUT2D eigenvalue weighted by molar-refractivity contribution is 0.384. The minimum Gasteiger partial charge on any atom is -0.494 e. The number of nitrogens with one attached hydrogen (secondary N) is 1. The van der Waals surface area contributed by atoms with E-state index >= 15 is 0 Å². The molecule has 0 amide bonds. The highest BCUT2D eigenvalue weighted by Gasteiger charge is 2.33. The van der Waals surface area contributed by atoms with Crippen molar-refractivity contribution >= 4 is 15.7 Å². The van der Waals surface area contributed by atoms with Crippen LogP contribution in [-0.4, -0.2) is 46.0 Å². The van der Waals surface area contributed by atoms with Crippen molar-refractivity contribution in [2.24, 2.45) is 0 Å². The molecule has 0 unspecified atom stereocenters. The van der Waals surface area contributed by atoms with Gasteiger partial charge in [0.25, 0.3) is 0 Å². The second-order valence-electron chi connectivity index (χ2n) is 6.72. The summed E-state index contributed by atoms with van der Waals surface area (Å²) in [5.41, 5.74) is 3.17. The molecule has 1 N–H and O–H groups in total. The van der Waals surface area contributed by atoms with E-state index in [0.717, 1.165) is 49.1 Å². The van der Waals surface area contributed by atoms with Gasteiger partial charge in [-0.1, -0.05) is 12.1 Å². The van der Waals surface area contributed by atoms with E-state index in [1.54, 1.807) is 0 Å². The maximum atomic E-state index is 13.7. The molecule has 8 heteroatoms. The predicted molar refractivity (Wildman–Crippen MR) is 101 cm³/mol. The standard InChI is InChI=1S/C19H22FN3O3S/c1-26-19-11-15(5-6-17(19)20)27(24,25)23-12-14-3-2-4-18(16(14)13-23)22-9-7-21-8-10-22/h2-6,11,21H,7-10,12-13H2,1H3. The number of benzene rings is 2. The van der Waals surface area contributed by atoms with Crippen LogP contribution in [0.2, 0.25) is 0 Å². The first-order chi connectivity index (χ1) is 13.0. The number of hydrogen-bond donors (Lipinski definition) is 1. The average molecular weight is 391 g/mol. The fourth-order valence-corrected chi connectivity index (χ4v) is 5.10. The van der Waals surface area contributed by atoms with E-state index in [9.17, 15) is 12.8 Å². The number of hydrogen-bond acceptors (Lipinski definition) is 5. The van der Waals surface area contributed by atoms with Crippen LogP contribution in [0.5, 0.6) is 5.75 Å². The van der Waals surface area contributed by atoms with Crippen molar-refractivity contribution in [3.63, 3.8) is 0 Å². The Kier molecular flexibility index (Phi) is 4.79. The zero-order valence-corrected chi connectivity index (χ0v) is 15.9. The van der Waals surface area contributed by atoms with E-state index in [4.69, 9.17) is 4.74 Å². The van der Waals surface area contributed by atoms with Gasteiger partial charge in [0.05, 0.1) is 12.0 Å². The Morgan fingerprint density at radius 2 is 1.89 bits per heavy atom. The second-order valence-corrected chi connectivity index (χ2v) is 8.66. The molecule has 0 atom stereocenters. The normalized spacial score (nSPS) is 17.8. The van der Waals surface area contributed by atoms with Gasteiger partial charge in [0, 0.05) is 51.0 Å². The van der Waals surface area contributed by atoms with Crippen LogP contribution in [0.1, 0.15) is 11.1 Å². The highest BCUT2D eigenvalue weighted by Crippen LogP contribution is 2.35. The summed E-state index contributed by atoms with van der Waals surface area (Å²) >= 11 is 0. The van der Waals surface area contributed by atoms with Crippen LogP contribution >= 0.6 is 0 Å². The number of sulfonamides is 1. The number of rotatable bonds is 4. The zero-order chi connectivity index (χ0) is 19.0. The number of anilines is 1. The molecular formula is C19H22FN3O3S. The van der Waals surface area contributed by atoms with Gasteiger partial charge in [-0.2, -0.15) is 4.31 Å². The van der Waals surface area contributed by atoms with Gasteiger partial charge in [-0.25, -0.2) is 12.8 Å². The molecule has 1 saturated heterocycles. The fourth-order valence-electron chi connectivity index (χ4n) is 3.70. The largest absolute Gasteiger partial charge is 0.494 e. The Morgan fingerprint density at radius 1 is 1.11 bits per heavy atom. The maximum absolute atomic E-state index is 13.7. The topological polar surface area (TPSA) is 61.9 Å². The Balaban J connectivity index is 1.64. The number of piperazine rings is 1. The number of fused-ring (bicyclic) bond motifs is 1. The zero-order valence-electron chi connectivity index (χ0n) is 15.1. The van der Waals surface area contributed by atoms with E-state index < -0.39 is 15.8 Å². The molecule has 4 rings (SSSR count). The Morgan fingerprint density at radius 3 is 2.63 bits per heavy atom. The summed E-state index contributed by atoms with van der Waals surface area (Å²) in [6.07, 6.45) is 0. The first kappa shape index (κ1) is 18.2. The van der Waals surface area contributed by atoms with Crippen LogP contribution in [0.25, 0.3) is 0 Å². The summed E-state index contributed by atoms with van der Waals surface area (Å²) in [5, 5.41) is 3.33. The molecule has 2 aliphatic rings. The summed E-state index contributed by atoms with van der Waals surface area (Å²) in [4.78, 5) is 2.34. The van der Waals surface area contributed by atoms with Gasteiger partial charge in [-0.05, 0) is 29.3 Å². The quantitative estimate of drug-likeness (QED) is 0.863. The number of ether oxygens (including phenoxy) is 1. The van der Waals surface area contributed by atoms with Gasteiger partial charge in [0.2, 0.25) is 10.0 Å². The van der Waals surface area contributed by atoms with E-state index in [-0.39, 0.29) is 10.6 Å². The SMILES string of the molecule is COc1cc(S(=O)(=O)N2Cc3cccc(N4CCNCC4)c3C2)ccc1F. The third-order valence-electron chi connectivity index (χ3n) is 5.15. The molecule has 0 saturated carbocycles. The minimum absolute atomic E-state index is 0.0391. The molecule has 2 aliphatic heterocycles. The molecular weight excluding hydrogens is 369 g/mol. The van der Waals surface area contributed by atoms with Crippen LogP contribution in [-0.2, 0) is 23.1 Å². The minimum atomic E-state index is -3.75. The van der Waals surface area contributed by atoms with Crippen molar-refractivity contribution in [2.75, 3.05) is 38.2 Å². The van der Waals surface area contributed by atoms with Gasteiger partial charge in [0.1, 0.15) is 0 Å². The van der Waals surface area contributed by atoms with E-state index in [1.807, 2.05) is 12.1 Å². The lowest BCUT2D eigenvalue weighted by Gasteiger charge is -2.31. The van der Waals surface area contributed by atoms with Gasteiger partial charge in [-0.15, -0.1) is 0 Å². The molecule has 144 valence electrons. The Labute approximate surface area is 158 Å². The van der Waals surface area contributed by atoms with Crippen molar-refractivity contribution in [2.45, 2.75) is 18.0 Å². The van der Waals surface area contributed by atoms with E-state index in [2.05, 4.69) is 16.3 Å². The smallest absolute Gasteiger partial charge is 0.243 e. The van der Waals surface area contributed by atoms with E-state index in [1.165, 1.54) is 23.5 Å². The first-order valence-electron chi connectivity index (χ1n) is 8.91. The monoisotopic (exact) mass is 391 g/mol. The van der Waals surface area contributed by atoms with Crippen molar-refractivity contribution in [3.8, 4) is 5.75 Å². The van der Waals surface area contributed by atoms with Crippen LogP contribution in [0.3, 0.4) is 0 Å². The lowest BCUT2D eigenvalue weighted by atomic mass is 10.1. The molecule has 0 aliphatic carbocycles. The van der Waals surface area contributed by atoms with Crippen molar-refractivity contribution in [1.29, 1.82) is 0 Å². The van der Waals surface area contributed by atoms with Crippen LogP contribution in [0.4, 0.5) is 10.1 Å². The summed E-state index contributed by atoms with van der Waals surface area (Å²) in [6.45, 7) is 4.27. The summed E-state index contributed by atoms with van der Waals surface area (Å²) in [7, 11) is -2.43. The van der Waals surface area contributed by atoms with Crippen LogP contribution in [0.15, 0.2) is 41.3 Å². The molecule has 0 aromatic heterocycles. The average Bonchev–Trinajstić information content (AvgIpc) is 3.14. The first-order valence-corrected chi connectivity index (χ1v) is 10.3. The van der Waals surface area contributed by atoms with Gasteiger partial charge in [0.15, 0.2) is 11.6 Å². The molecule has 0 radical (unpaired) electrons. The molecule has 1 fully saturated rings. The molecule has 2 heterocycles. The fraction of sp³-hybridized carbons (Fsp3) is 0.368. The lowest BCUT2D eigenvalue weighted by Crippen LogP contribution is -2.43. The van der Waals surface area contributed by atoms with E-state index in [0.29, 0.717) is 13.1 Å². The van der Waals surface area contributed by atoms with Gasteiger partial charge >= 0.3 is 0 Å². The highest BCUT2D eigenvalue weighted by molar-refractivity contribution is 7.89. The molecule has 0 spiro atoms. The van der Waals surface area contributed by atoms with Crippen molar-refractivity contribution in [3.05, 3.63) is 53.3 Å². The van der Waals surface area contributed by atoms with Crippen molar-refractivity contribution < 1.29 is 17.5 Å². The molecule has 0 bridgehead atoms. The molecule has 27 heavy (non-hydrogen) atoms. The Hall–Kier alpha value is -2.16. The van der Waals surface area contributed by atoms with Crippen molar-refractivity contribution in [1.82, 2.24) is 9.62 Å². The predicted octanol–water partition coefficient (Wildman–Crippen LogP) is 1.95. The molecule has 2 aromatic rings.